The van der Waals surface area contributed by atoms with Gasteiger partial charge in [-0.25, -0.2) is 0 Å². The Bertz CT molecular complexity index is 445. The molecule has 0 spiro atoms. The normalized spacial score (nSPS) is 23.4. The van der Waals surface area contributed by atoms with Gasteiger partial charge in [0.25, 0.3) is 0 Å². The molecular formula is C13H9N2. The summed E-state index contributed by atoms with van der Waals surface area (Å²) >= 11 is 0. The van der Waals surface area contributed by atoms with Crippen molar-refractivity contribution in [2.24, 2.45) is 4.99 Å². The summed E-state index contributed by atoms with van der Waals surface area (Å²) in [7, 11) is 0. The average molecular weight is 193 g/mol. The molecule has 0 aromatic heterocycles. The molecule has 0 saturated heterocycles. The topological polar surface area (TPSA) is 36.1 Å². The van der Waals surface area contributed by atoms with Crippen molar-refractivity contribution in [1.29, 1.82) is 5.26 Å². The molecule has 1 aromatic rings. The van der Waals surface area contributed by atoms with Crippen LogP contribution in [0.25, 0.3) is 0 Å². The van der Waals surface area contributed by atoms with Crippen molar-refractivity contribution >= 4 is 6.21 Å². The average Bonchev–Trinajstić information content (AvgIpc) is 2.56. The van der Waals surface area contributed by atoms with Crippen molar-refractivity contribution in [3.05, 3.63) is 60.2 Å². The Morgan fingerprint density at radius 2 is 2.00 bits per heavy atom. The van der Waals surface area contributed by atoms with Crippen molar-refractivity contribution in [1.82, 2.24) is 0 Å². The molecule has 2 heteroatoms. The summed E-state index contributed by atoms with van der Waals surface area (Å²) in [6, 6.07) is 12.5. The molecule has 0 aliphatic carbocycles. The van der Waals surface area contributed by atoms with Crippen LogP contribution in [0.1, 0.15) is 5.56 Å². The van der Waals surface area contributed by atoms with Crippen LogP contribution in [0.2, 0.25) is 0 Å². The van der Waals surface area contributed by atoms with Crippen LogP contribution in [-0.2, 0) is 5.54 Å². The summed E-state index contributed by atoms with van der Waals surface area (Å²) in [5.41, 5.74) is -0.0292. The Labute approximate surface area is 88.9 Å². The predicted octanol–water partition coefficient (Wildman–Crippen LogP) is 2.40. The summed E-state index contributed by atoms with van der Waals surface area (Å²) in [6.07, 6.45) is 8.96. The maximum Gasteiger partial charge on any atom is 0.190 e. The van der Waals surface area contributed by atoms with Crippen LogP contribution in [0.4, 0.5) is 0 Å². The Morgan fingerprint density at radius 1 is 1.20 bits per heavy atom. The zero-order chi connectivity index (χ0) is 10.6. The molecule has 1 atom stereocenters. The van der Waals surface area contributed by atoms with Gasteiger partial charge in [-0.05, 0) is 23.8 Å². The van der Waals surface area contributed by atoms with E-state index in [0.717, 1.165) is 5.56 Å². The molecule has 1 aliphatic heterocycles. The molecule has 1 unspecified atom stereocenters. The van der Waals surface area contributed by atoms with E-state index in [1.54, 1.807) is 24.4 Å². The van der Waals surface area contributed by atoms with E-state index in [4.69, 9.17) is 0 Å². The van der Waals surface area contributed by atoms with E-state index in [-0.39, 0.29) is 0 Å². The molecule has 0 amide bonds. The summed E-state index contributed by atoms with van der Waals surface area (Å²) in [6.45, 7) is 0. The number of allylic oxidation sites excluding steroid dienone is 3. The van der Waals surface area contributed by atoms with E-state index in [1.807, 2.05) is 30.4 Å². The first kappa shape index (κ1) is 9.42. The van der Waals surface area contributed by atoms with Crippen LogP contribution in [0.3, 0.4) is 0 Å². The second-order valence-corrected chi connectivity index (χ2v) is 3.19. The molecule has 15 heavy (non-hydrogen) atoms. The SMILES string of the molecule is N#CC1(c2cc[c]cc2)C=CC=CC=N1. The summed E-state index contributed by atoms with van der Waals surface area (Å²) in [5, 5.41) is 9.27. The number of benzene rings is 1. The molecule has 2 nitrogen and oxygen atoms in total. The Kier molecular flexibility index (Phi) is 2.47. The molecule has 2 rings (SSSR count). The first-order valence-corrected chi connectivity index (χ1v) is 4.65. The predicted molar refractivity (Wildman–Crippen MR) is 59.3 cm³/mol. The van der Waals surface area contributed by atoms with Gasteiger partial charge in [0.1, 0.15) is 6.07 Å². The van der Waals surface area contributed by atoms with E-state index in [0.29, 0.717) is 0 Å². The fourth-order valence-electron chi connectivity index (χ4n) is 1.45. The van der Waals surface area contributed by atoms with Crippen LogP contribution in [0.15, 0.2) is 53.6 Å². The zero-order valence-electron chi connectivity index (χ0n) is 8.09. The second-order valence-electron chi connectivity index (χ2n) is 3.19. The first-order chi connectivity index (χ1) is 7.37. The lowest BCUT2D eigenvalue weighted by molar-refractivity contribution is 0.738. The minimum absolute atomic E-state index is 0.861. The molecule has 1 aromatic carbocycles. The monoisotopic (exact) mass is 193 g/mol. The van der Waals surface area contributed by atoms with Crippen LogP contribution in [0.5, 0.6) is 0 Å². The summed E-state index contributed by atoms with van der Waals surface area (Å²) in [5.74, 6) is 0. The molecular weight excluding hydrogens is 184 g/mol. The lowest BCUT2D eigenvalue weighted by atomic mass is 9.92. The molecule has 1 radical (unpaired) electrons. The number of hydrogen-bond donors (Lipinski definition) is 0. The van der Waals surface area contributed by atoms with Gasteiger partial charge in [-0.3, -0.25) is 4.99 Å². The minimum atomic E-state index is -0.890. The van der Waals surface area contributed by atoms with E-state index in [9.17, 15) is 5.26 Å². The van der Waals surface area contributed by atoms with E-state index < -0.39 is 5.54 Å². The first-order valence-electron chi connectivity index (χ1n) is 4.65. The van der Waals surface area contributed by atoms with Crippen molar-refractivity contribution in [2.45, 2.75) is 5.54 Å². The molecule has 0 saturated carbocycles. The fraction of sp³-hybridized carbons (Fsp3) is 0.0769. The third-order valence-corrected chi connectivity index (χ3v) is 2.25. The van der Waals surface area contributed by atoms with Crippen molar-refractivity contribution in [3.63, 3.8) is 0 Å². The van der Waals surface area contributed by atoms with Crippen molar-refractivity contribution < 1.29 is 0 Å². The maximum absolute atomic E-state index is 9.27. The fourth-order valence-corrected chi connectivity index (χ4v) is 1.45. The highest BCUT2D eigenvalue weighted by Gasteiger charge is 2.27. The maximum atomic E-state index is 9.27. The van der Waals surface area contributed by atoms with E-state index >= 15 is 0 Å². The number of hydrogen-bond acceptors (Lipinski definition) is 2. The quantitative estimate of drug-likeness (QED) is 0.674. The number of rotatable bonds is 1. The largest absolute Gasteiger partial charge is 0.262 e. The van der Waals surface area contributed by atoms with Gasteiger partial charge in [0.2, 0.25) is 0 Å². The number of aliphatic imine (C=N–C) groups is 1. The minimum Gasteiger partial charge on any atom is -0.262 e. The number of nitriles is 1. The lowest BCUT2D eigenvalue weighted by Gasteiger charge is -2.17. The van der Waals surface area contributed by atoms with Gasteiger partial charge < -0.3 is 0 Å². The van der Waals surface area contributed by atoms with Gasteiger partial charge in [-0.2, -0.15) is 5.26 Å². The van der Waals surface area contributed by atoms with Crippen LogP contribution in [0, 0.1) is 17.4 Å². The molecule has 0 N–H and O–H groups in total. The second kappa shape index (κ2) is 3.93. The highest BCUT2D eigenvalue weighted by atomic mass is 14.8. The van der Waals surface area contributed by atoms with Gasteiger partial charge >= 0.3 is 0 Å². The highest BCUT2D eigenvalue weighted by molar-refractivity contribution is 5.74. The van der Waals surface area contributed by atoms with Gasteiger partial charge in [0.05, 0.1) is 0 Å². The highest BCUT2D eigenvalue weighted by Crippen LogP contribution is 2.27. The Hall–Kier alpha value is -2.14. The van der Waals surface area contributed by atoms with Crippen molar-refractivity contribution in [2.75, 3.05) is 0 Å². The smallest absolute Gasteiger partial charge is 0.190 e. The molecule has 0 fully saturated rings. The third-order valence-electron chi connectivity index (χ3n) is 2.25. The third kappa shape index (κ3) is 1.72. The van der Waals surface area contributed by atoms with Gasteiger partial charge in [-0.1, -0.05) is 36.4 Å². The van der Waals surface area contributed by atoms with Crippen molar-refractivity contribution in [3.8, 4) is 6.07 Å². The van der Waals surface area contributed by atoms with Gasteiger partial charge in [0, 0.05) is 6.21 Å². The van der Waals surface area contributed by atoms with E-state index in [1.165, 1.54) is 0 Å². The summed E-state index contributed by atoms with van der Waals surface area (Å²) < 4.78 is 0. The van der Waals surface area contributed by atoms with Crippen LogP contribution >= 0.6 is 0 Å². The molecule has 71 valence electrons. The summed E-state index contributed by atoms with van der Waals surface area (Å²) in [4.78, 5) is 4.27. The van der Waals surface area contributed by atoms with E-state index in [2.05, 4.69) is 17.1 Å². The lowest BCUT2D eigenvalue weighted by Crippen LogP contribution is -2.17. The number of nitrogens with zero attached hydrogens (tertiary/aromatic N) is 2. The molecule has 0 bridgehead atoms. The Balaban J connectivity index is 2.52. The van der Waals surface area contributed by atoms with Gasteiger partial charge in [0.15, 0.2) is 5.54 Å². The van der Waals surface area contributed by atoms with Crippen LogP contribution in [-0.4, -0.2) is 6.21 Å². The zero-order valence-corrected chi connectivity index (χ0v) is 8.09. The Morgan fingerprint density at radius 3 is 2.73 bits per heavy atom. The van der Waals surface area contributed by atoms with Crippen LogP contribution < -0.4 is 0 Å². The molecule has 1 heterocycles. The standard InChI is InChI=1S/C13H9N2/c14-11-13(9-5-2-6-10-15-13)12-7-3-1-4-8-12/h2-10H. The molecule has 1 aliphatic rings. The van der Waals surface area contributed by atoms with Gasteiger partial charge in [-0.15, -0.1) is 0 Å².